The van der Waals surface area contributed by atoms with E-state index < -0.39 is 20.5 Å². The first kappa shape index (κ1) is 22.4. The summed E-state index contributed by atoms with van der Waals surface area (Å²) in [5, 5.41) is 8.91. The van der Waals surface area contributed by atoms with Gasteiger partial charge >= 0.3 is 0 Å². The Morgan fingerprint density at radius 3 is 2.35 bits per heavy atom. The molecule has 0 aliphatic rings. The minimum Gasteiger partial charge on any atom is -0.315 e. The summed E-state index contributed by atoms with van der Waals surface area (Å²) >= 11 is 0. The number of aryl methyl sites for hydroxylation is 2. The highest BCUT2D eigenvalue weighted by Gasteiger charge is 2.43. The van der Waals surface area contributed by atoms with Crippen LogP contribution >= 0.6 is 0 Å². The molecule has 2 N–H and O–H groups in total. The van der Waals surface area contributed by atoms with Gasteiger partial charge in [-0.1, -0.05) is 12.1 Å². The molecule has 0 saturated carbocycles. The van der Waals surface area contributed by atoms with Crippen molar-refractivity contribution in [2.24, 2.45) is 0 Å². The van der Waals surface area contributed by atoms with Gasteiger partial charge < -0.3 is 9.13 Å². The van der Waals surface area contributed by atoms with E-state index in [0.29, 0.717) is 5.56 Å². The number of carbonyl (C=O) groups excluding carboxylic acids is 1. The maximum Gasteiger partial charge on any atom is 0.264 e. The highest BCUT2D eigenvalue weighted by atomic mass is 32.2. The van der Waals surface area contributed by atoms with E-state index in [1.54, 1.807) is 18.5 Å². The van der Waals surface area contributed by atoms with Gasteiger partial charge in [0.05, 0.1) is 0 Å². The molecular weight excluding hydrogens is 420 g/mol. The van der Waals surface area contributed by atoms with Crippen LogP contribution in [0.4, 0.5) is 0 Å². The Kier molecular flexibility index (Phi) is 6.14. The first-order valence-electron chi connectivity index (χ1n) is 9.52. The third-order valence-electron chi connectivity index (χ3n) is 5.53. The van der Waals surface area contributed by atoms with E-state index >= 15 is 0 Å². The highest BCUT2D eigenvalue weighted by molar-refractivity contribution is 7.92. The molecule has 1 atom stereocenters. The Hall–Kier alpha value is -3.24. The molecule has 0 bridgehead atoms. The quantitative estimate of drug-likeness (QED) is 0.422. The number of benzene rings is 1. The van der Waals surface area contributed by atoms with Gasteiger partial charge in [0, 0.05) is 43.1 Å². The lowest BCUT2D eigenvalue weighted by molar-refractivity contribution is -0.131. The minimum absolute atomic E-state index is 0.00501. The van der Waals surface area contributed by atoms with Crippen LogP contribution in [0.25, 0.3) is 16.8 Å². The summed E-state index contributed by atoms with van der Waals surface area (Å²) in [7, 11) is -3.83. The lowest BCUT2D eigenvalue weighted by Crippen LogP contribution is -2.49. The molecule has 1 amide bonds. The monoisotopic (exact) mass is 444 g/mol. The summed E-state index contributed by atoms with van der Waals surface area (Å²) in [6.45, 7) is 3.12. The fourth-order valence-electron chi connectivity index (χ4n) is 3.26. The molecule has 164 valence electrons. The van der Waals surface area contributed by atoms with Crippen molar-refractivity contribution < 1.29 is 18.4 Å². The number of hydrogen-bond acceptors (Lipinski definition) is 6. The molecule has 9 nitrogen and oxygen atoms in total. The van der Waals surface area contributed by atoms with Crippen molar-refractivity contribution in [2.45, 2.75) is 31.6 Å². The van der Waals surface area contributed by atoms with E-state index in [1.165, 1.54) is 23.0 Å². The van der Waals surface area contributed by atoms with Crippen molar-refractivity contribution in [3.05, 3.63) is 71.2 Å². The van der Waals surface area contributed by atoms with Gasteiger partial charge in [-0.05, 0) is 49.6 Å². The van der Waals surface area contributed by atoms with Crippen LogP contribution in [-0.2, 0) is 21.2 Å². The standard InChI is InChI=1S/C21H24N4O5S/c1-15-22-10-13-25(15)18-6-4-16(5-7-18)17-8-11-24(19(26)14-17)12-9-21(2,20(27)23-28)31(3,29)30/h4-8,10-11,13-14,28H,9,12H2,1-3H3,(H,23,27)/t21-/m1/s1. The summed E-state index contributed by atoms with van der Waals surface area (Å²) in [6.07, 6.45) is 5.90. The molecule has 0 spiro atoms. The van der Waals surface area contributed by atoms with E-state index in [-0.39, 0.29) is 18.5 Å². The van der Waals surface area contributed by atoms with Crippen LogP contribution in [0.15, 0.2) is 59.8 Å². The van der Waals surface area contributed by atoms with E-state index in [2.05, 4.69) is 4.98 Å². The van der Waals surface area contributed by atoms with Gasteiger partial charge in [-0.25, -0.2) is 18.9 Å². The smallest absolute Gasteiger partial charge is 0.264 e. The molecule has 3 aromatic rings. The maximum atomic E-state index is 12.6. The third kappa shape index (κ3) is 4.44. The van der Waals surface area contributed by atoms with Crippen LogP contribution in [0.2, 0.25) is 0 Å². The summed E-state index contributed by atoms with van der Waals surface area (Å²) in [6, 6.07) is 10.9. The van der Waals surface area contributed by atoms with Gasteiger partial charge in [-0.15, -0.1) is 0 Å². The van der Waals surface area contributed by atoms with E-state index in [9.17, 15) is 18.0 Å². The molecule has 2 aromatic heterocycles. The predicted octanol–water partition coefficient (Wildman–Crippen LogP) is 1.71. The minimum atomic E-state index is -3.83. The van der Waals surface area contributed by atoms with Crippen molar-refractivity contribution in [3.63, 3.8) is 0 Å². The van der Waals surface area contributed by atoms with Crippen LogP contribution in [0.1, 0.15) is 19.2 Å². The Morgan fingerprint density at radius 1 is 1.16 bits per heavy atom. The number of nitrogens with one attached hydrogen (secondary N) is 1. The number of imidazole rings is 1. The largest absolute Gasteiger partial charge is 0.315 e. The molecular formula is C21H24N4O5S. The fourth-order valence-corrected chi connectivity index (χ4v) is 4.10. The van der Waals surface area contributed by atoms with Crippen molar-refractivity contribution in [1.29, 1.82) is 0 Å². The van der Waals surface area contributed by atoms with Gasteiger partial charge in [-0.2, -0.15) is 0 Å². The van der Waals surface area contributed by atoms with Crippen molar-refractivity contribution in [3.8, 4) is 16.8 Å². The molecule has 31 heavy (non-hydrogen) atoms. The third-order valence-corrected chi connectivity index (χ3v) is 7.56. The van der Waals surface area contributed by atoms with Crippen LogP contribution in [-0.4, -0.2) is 44.7 Å². The van der Waals surface area contributed by atoms with E-state index in [1.807, 2.05) is 42.0 Å². The molecule has 2 heterocycles. The van der Waals surface area contributed by atoms with Crippen molar-refractivity contribution >= 4 is 15.7 Å². The molecule has 0 radical (unpaired) electrons. The van der Waals surface area contributed by atoms with Gasteiger partial charge in [0.2, 0.25) is 0 Å². The SMILES string of the molecule is Cc1nccn1-c1ccc(-c2ccn(CC[C@](C)(C(=O)NO)S(C)(=O)=O)c(=O)c2)cc1. The Labute approximate surface area is 179 Å². The molecule has 3 rings (SSSR count). The lowest BCUT2D eigenvalue weighted by Gasteiger charge is -2.25. The van der Waals surface area contributed by atoms with Gasteiger partial charge in [0.15, 0.2) is 14.6 Å². The molecule has 0 aliphatic carbocycles. The second-order valence-corrected chi connectivity index (χ2v) is 9.98. The first-order chi connectivity index (χ1) is 14.6. The van der Waals surface area contributed by atoms with Gasteiger partial charge in [0.25, 0.3) is 11.5 Å². The van der Waals surface area contributed by atoms with Gasteiger partial charge in [0.1, 0.15) is 5.82 Å². The number of pyridine rings is 1. The number of hydroxylamine groups is 1. The number of carbonyl (C=O) groups is 1. The number of rotatable bonds is 7. The number of amides is 1. The highest BCUT2D eigenvalue weighted by Crippen LogP contribution is 2.23. The van der Waals surface area contributed by atoms with Crippen molar-refractivity contribution in [1.82, 2.24) is 19.6 Å². The molecule has 0 aliphatic heterocycles. The van der Waals surface area contributed by atoms with Crippen molar-refractivity contribution in [2.75, 3.05) is 6.26 Å². The van der Waals surface area contributed by atoms with E-state index in [4.69, 9.17) is 5.21 Å². The second-order valence-electron chi connectivity index (χ2n) is 7.53. The molecule has 0 fully saturated rings. The first-order valence-corrected chi connectivity index (χ1v) is 11.4. The summed E-state index contributed by atoms with van der Waals surface area (Å²) in [4.78, 5) is 28.7. The molecule has 1 aromatic carbocycles. The normalized spacial score (nSPS) is 13.5. The Bertz CT molecular complexity index is 1260. The van der Waals surface area contributed by atoms with Crippen LogP contribution < -0.4 is 11.0 Å². The number of sulfone groups is 1. The molecule has 0 saturated heterocycles. The number of hydrogen-bond donors (Lipinski definition) is 2. The number of nitrogens with zero attached hydrogens (tertiary/aromatic N) is 3. The summed E-state index contributed by atoms with van der Waals surface area (Å²) in [5.74, 6) is -0.167. The fraction of sp³-hybridized carbons (Fsp3) is 0.286. The number of aromatic nitrogens is 3. The Balaban J connectivity index is 1.81. The average Bonchev–Trinajstić information content (AvgIpc) is 3.17. The summed E-state index contributed by atoms with van der Waals surface area (Å²) < 4.78 is 25.6. The van der Waals surface area contributed by atoms with Crippen LogP contribution in [0.5, 0.6) is 0 Å². The molecule has 0 unspecified atom stereocenters. The zero-order valence-electron chi connectivity index (χ0n) is 17.4. The zero-order valence-corrected chi connectivity index (χ0v) is 18.3. The van der Waals surface area contributed by atoms with Crippen LogP contribution in [0.3, 0.4) is 0 Å². The second kappa shape index (κ2) is 8.48. The molecule has 10 heteroatoms. The summed E-state index contributed by atoms with van der Waals surface area (Å²) in [5.41, 5.74) is 3.60. The Morgan fingerprint density at radius 2 is 1.84 bits per heavy atom. The average molecular weight is 445 g/mol. The predicted molar refractivity (Wildman–Crippen MR) is 116 cm³/mol. The zero-order chi connectivity index (χ0) is 22.8. The van der Waals surface area contributed by atoms with Gasteiger partial charge in [-0.3, -0.25) is 14.8 Å². The lowest BCUT2D eigenvalue weighted by atomic mass is 10.1. The van der Waals surface area contributed by atoms with Crippen LogP contribution in [0, 0.1) is 6.92 Å². The van der Waals surface area contributed by atoms with E-state index in [0.717, 1.165) is 23.3 Å². The topological polar surface area (TPSA) is 123 Å². The maximum absolute atomic E-state index is 12.6.